The Morgan fingerprint density at radius 1 is 1.31 bits per heavy atom. The summed E-state index contributed by atoms with van der Waals surface area (Å²) >= 11 is 0. The fourth-order valence-electron chi connectivity index (χ4n) is 6.58. The topological polar surface area (TPSA) is 71.8 Å². The number of epoxide rings is 1. The third kappa shape index (κ3) is 1.88. The van der Waals surface area contributed by atoms with Gasteiger partial charge in [0.15, 0.2) is 11.4 Å². The highest BCUT2D eigenvalue weighted by atomic mass is 16.7. The molecule has 2 heterocycles. The van der Waals surface area contributed by atoms with E-state index in [4.69, 9.17) is 14.2 Å². The molecule has 0 bridgehead atoms. The minimum atomic E-state index is -0.676. The number of carbonyl (C=O) groups is 1. The van der Waals surface area contributed by atoms with Gasteiger partial charge < -0.3 is 14.2 Å². The molecule has 3 aliphatic carbocycles. The molecule has 0 unspecified atom stereocenters. The van der Waals surface area contributed by atoms with E-state index in [1.807, 2.05) is 0 Å². The van der Waals surface area contributed by atoms with Crippen molar-refractivity contribution in [3.05, 3.63) is 11.6 Å². The van der Waals surface area contributed by atoms with Crippen molar-refractivity contribution in [3.8, 4) is 6.07 Å². The van der Waals surface area contributed by atoms with Gasteiger partial charge >= 0.3 is 0 Å². The van der Waals surface area contributed by atoms with Crippen LogP contribution in [0.15, 0.2) is 11.6 Å². The van der Waals surface area contributed by atoms with Gasteiger partial charge in [-0.1, -0.05) is 13.0 Å². The monoisotopic (exact) mass is 357 g/mol. The Bertz CT molecular complexity index is 726. The number of nitriles is 1. The summed E-state index contributed by atoms with van der Waals surface area (Å²) in [6, 6.07) is 2.50. The highest BCUT2D eigenvalue weighted by Crippen LogP contribution is 2.74. The quantitative estimate of drug-likeness (QED) is 0.571. The van der Waals surface area contributed by atoms with Gasteiger partial charge in [0.2, 0.25) is 0 Å². The van der Waals surface area contributed by atoms with Crippen LogP contribution in [0.25, 0.3) is 0 Å². The molecule has 26 heavy (non-hydrogen) atoms. The zero-order chi connectivity index (χ0) is 18.0. The second-order valence-corrected chi connectivity index (χ2v) is 9.04. The van der Waals surface area contributed by atoms with Gasteiger partial charge in [0.1, 0.15) is 12.4 Å². The van der Waals surface area contributed by atoms with Crippen molar-refractivity contribution in [3.63, 3.8) is 0 Å². The van der Waals surface area contributed by atoms with Crippen LogP contribution < -0.4 is 0 Å². The first kappa shape index (κ1) is 16.9. The van der Waals surface area contributed by atoms with E-state index in [9.17, 15) is 10.1 Å². The summed E-state index contributed by atoms with van der Waals surface area (Å²) < 4.78 is 18.0. The number of fused-ring (bicyclic) bond motifs is 1. The molecule has 0 N–H and O–H groups in total. The van der Waals surface area contributed by atoms with Crippen molar-refractivity contribution < 1.29 is 19.0 Å². The summed E-state index contributed by atoms with van der Waals surface area (Å²) in [6.07, 6.45) is 9.98. The van der Waals surface area contributed by atoms with Crippen molar-refractivity contribution in [1.82, 2.24) is 0 Å². The number of ether oxygens (including phenoxy) is 3. The van der Waals surface area contributed by atoms with E-state index in [2.05, 4.69) is 19.1 Å². The molecule has 0 aromatic heterocycles. The third-order valence-corrected chi connectivity index (χ3v) is 8.23. The molecule has 5 rings (SSSR count). The molecule has 1 spiro atoms. The van der Waals surface area contributed by atoms with Crippen molar-refractivity contribution in [2.24, 2.45) is 11.3 Å². The fourth-order valence-corrected chi connectivity index (χ4v) is 6.58. The van der Waals surface area contributed by atoms with Crippen LogP contribution in [0.3, 0.4) is 0 Å². The number of allylic oxidation sites excluding steroid dienone is 1. The first-order chi connectivity index (χ1) is 12.5. The van der Waals surface area contributed by atoms with Crippen molar-refractivity contribution >= 4 is 5.78 Å². The highest BCUT2D eigenvalue weighted by molar-refractivity contribution is 5.93. The lowest BCUT2D eigenvalue weighted by Gasteiger charge is -2.43. The number of nitrogens with zero attached hydrogens (tertiary/aromatic N) is 1. The molecular weight excluding hydrogens is 330 g/mol. The number of Topliss-reactive ketones (excluding diaryl/α,β-unsaturated/α-hetero) is 1. The Morgan fingerprint density at radius 3 is 3.04 bits per heavy atom. The molecule has 2 saturated carbocycles. The van der Waals surface area contributed by atoms with E-state index in [1.54, 1.807) is 0 Å². The molecule has 0 amide bonds. The van der Waals surface area contributed by atoms with E-state index in [-0.39, 0.29) is 22.7 Å². The highest BCUT2D eigenvalue weighted by Gasteiger charge is 2.84. The number of carbonyl (C=O) groups excluding carboxylic acids is 1. The lowest BCUT2D eigenvalue weighted by Crippen LogP contribution is -2.50. The van der Waals surface area contributed by atoms with Crippen molar-refractivity contribution in [2.75, 3.05) is 13.4 Å². The van der Waals surface area contributed by atoms with Crippen LogP contribution in [0.5, 0.6) is 0 Å². The SMILES string of the molecule is C[C@]12CCC(=O)[C@]3(CC[C@]45CCCC=C4COCO5)O[C@@]31CC[C@@H]2C#N. The molecule has 4 fully saturated rings. The maximum Gasteiger partial charge on any atom is 0.167 e. The maximum absolute atomic E-state index is 13.0. The number of rotatable bonds is 3. The molecular formula is C21H27NO4. The number of ketones is 1. The Balaban J connectivity index is 1.42. The van der Waals surface area contributed by atoms with Crippen LogP contribution in [0.2, 0.25) is 0 Å². The molecule has 2 saturated heterocycles. The second kappa shape index (κ2) is 5.41. The number of hydrogen-bond donors (Lipinski definition) is 0. The predicted molar refractivity (Wildman–Crippen MR) is 93.0 cm³/mol. The molecule has 5 aliphatic rings. The molecule has 0 radical (unpaired) electrons. The molecule has 2 aliphatic heterocycles. The van der Waals surface area contributed by atoms with Crippen molar-refractivity contribution in [2.45, 2.75) is 81.5 Å². The van der Waals surface area contributed by atoms with Gasteiger partial charge in [-0.3, -0.25) is 4.79 Å². The maximum atomic E-state index is 13.0. The second-order valence-electron chi connectivity index (χ2n) is 9.04. The summed E-state index contributed by atoms with van der Waals surface area (Å²) in [7, 11) is 0. The standard InChI is InChI=1S/C21H27NO4/c1-18-8-6-17(23)20(21(18,26-20)9-5-15(18)12-22)11-10-19-7-3-2-4-16(19)13-24-14-25-19/h4,15H,2-3,5-11,13-14H2,1H3/t15-,18-,19-,20+,21-/m1/s1. The molecule has 5 heteroatoms. The van der Waals surface area contributed by atoms with Gasteiger partial charge in [-0.15, -0.1) is 0 Å². The van der Waals surface area contributed by atoms with Gasteiger partial charge in [-0.25, -0.2) is 0 Å². The van der Waals surface area contributed by atoms with Gasteiger partial charge in [0.05, 0.1) is 24.2 Å². The third-order valence-electron chi connectivity index (χ3n) is 8.23. The molecule has 5 nitrogen and oxygen atoms in total. The normalized spacial score (nSPS) is 49.5. The van der Waals surface area contributed by atoms with Crippen LogP contribution in [-0.2, 0) is 19.0 Å². The number of hydrogen-bond acceptors (Lipinski definition) is 5. The summed E-state index contributed by atoms with van der Waals surface area (Å²) in [4.78, 5) is 13.0. The summed E-state index contributed by atoms with van der Waals surface area (Å²) in [5.74, 6) is 0.249. The van der Waals surface area contributed by atoms with Crippen LogP contribution in [0, 0.1) is 22.7 Å². The summed E-state index contributed by atoms with van der Waals surface area (Å²) in [5, 5.41) is 9.61. The van der Waals surface area contributed by atoms with Gasteiger partial charge in [-0.2, -0.15) is 5.26 Å². The van der Waals surface area contributed by atoms with Crippen LogP contribution >= 0.6 is 0 Å². The van der Waals surface area contributed by atoms with Gasteiger partial charge in [0.25, 0.3) is 0 Å². The van der Waals surface area contributed by atoms with Gasteiger partial charge in [0, 0.05) is 11.8 Å². The largest absolute Gasteiger partial charge is 0.354 e. The van der Waals surface area contributed by atoms with Crippen LogP contribution in [0.1, 0.15) is 64.7 Å². The molecule has 140 valence electrons. The van der Waals surface area contributed by atoms with E-state index in [0.717, 1.165) is 44.9 Å². The lowest BCUT2D eigenvalue weighted by molar-refractivity contribution is -0.169. The Labute approximate surface area is 154 Å². The average molecular weight is 357 g/mol. The van der Waals surface area contributed by atoms with Gasteiger partial charge in [-0.05, 0) is 56.9 Å². The first-order valence-corrected chi connectivity index (χ1v) is 10.1. The Kier molecular flexibility index (Phi) is 3.52. The average Bonchev–Trinajstić information content (AvgIpc) is 3.27. The smallest absolute Gasteiger partial charge is 0.167 e. The van der Waals surface area contributed by atoms with Crippen LogP contribution in [0.4, 0.5) is 0 Å². The lowest BCUT2D eigenvalue weighted by atomic mass is 9.59. The molecule has 0 aromatic rings. The van der Waals surface area contributed by atoms with E-state index < -0.39 is 11.2 Å². The van der Waals surface area contributed by atoms with Crippen molar-refractivity contribution in [1.29, 1.82) is 5.26 Å². The molecule has 0 aromatic carbocycles. The van der Waals surface area contributed by atoms with E-state index in [1.165, 1.54) is 5.57 Å². The first-order valence-electron chi connectivity index (χ1n) is 10.1. The Morgan fingerprint density at radius 2 is 2.19 bits per heavy atom. The fraction of sp³-hybridized carbons (Fsp3) is 0.810. The zero-order valence-electron chi connectivity index (χ0n) is 15.5. The molecule has 5 atom stereocenters. The Hall–Kier alpha value is -1.22. The van der Waals surface area contributed by atoms with E-state index in [0.29, 0.717) is 26.2 Å². The summed E-state index contributed by atoms with van der Waals surface area (Å²) in [6.45, 7) is 3.15. The van der Waals surface area contributed by atoms with Crippen LogP contribution in [-0.4, -0.2) is 36.0 Å². The minimum absolute atomic E-state index is 0.0000983. The summed E-state index contributed by atoms with van der Waals surface area (Å²) in [5.41, 5.74) is -0.302. The minimum Gasteiger partial charge on any atom is -0.354 e. The van der Waals surface area contributed by atoms with E-state index >= 15 is 0 Å². The predicted octanol–water partition coefficient (Wildman–Crippen LogP) is 3.43. The zero-order valence-corrected chi connectivity index (χ0v) is 15.5.